The van der Waals surface area contributed by atoms with Gasteiger partial charge in [-0.1, -0.05) is 12.1 Å². The van der Waals surface area contributed by atoms with Crippen molar-refractivity contribution in [1.29, 1.82) is 0 Å². The highest BCUT2D eigenvalue weighted by atomic mass is 19.1. The minimum absolute atomic E-state index is 0.276. The number of nitrogens with zero attached hydrogens (tertiary/aromatic N) is 1. The first-order chi connectivity index (χ1) is 7.65. The molecule has 1 saturated heterocycles. The molecular formula is C11H11FN2O2. The topological polar surface area (TPSA) is 50.7 Å². The molecule has 1 heterocycles. The number of hydrogen-bond acceptors (Lipinski definition) is 3. The Kier molecular flexibility index (Phi) is 2.85. The van der Waals surface area contributed by atoms with Crippen LogP contribution in [0.3, 0.4) is 0 Å². The van der Waals surface area contributed by atoms with E-state index in [0.29, 0.717) is 12.4 Å². The maximum atomic E-state index is 12.6. The molecular weight excluding hydrogens is 211 g/mol. The molecule has 0 aromatic heterocycles. The van der Waals surface area contributed by atoms with Gasteiger partial charge >= 0.3 is 6.09 Å². The standard InChI is InChI=1S/C11H11FN2O2/c1-7-10(14-11(15)16-7)13-6-8-2-4-9(12)5-3-8/h2-5,7H,6H2,1H3,(H,13,14,15). The first kappa shape index (κ1) is 10.6. The average molecular weight is 222 g/mol. The van der Waals surface area contributed by atoms with Crippen LogP contribution in [-0.4, -0.2) is 18.0 Å². The lowest BCUT2D eigenvalue weighted by Crippen LogP contribution is -2.23. The van der Waals surface area contributed by atoms with E-state index < -0.39 is 6.09 Å². The molecule has 1 aliphatic heterocycles. The number of rotatable bonds is 2. The molecule has 1 aromatic rings. The molecule has 0 bridgehead atoms. The maximum Gasteiger partial charge on any atom is 0.413 e. The lowest BCUT2D eigenvalue weighted by atomic mass is 10.2. The zero-order valence-electron chi connectivity index (χ0n) is 8.74. The number of alkyl carbamates (subject to hydrolysis) is 1. The van der Waals surface area contributed by atoms with E-state index in [0.717, 1.165) is 5.56 Å². The van der Waals surface area contributed by atoms with Gasteiger partial charge < -0.3 is 4.74 Å². The van der Waals surface area contributed by atoms with Crippen LogP contribution in [0.4, 0.5) is 9.18 Å². The van der Waals surface area contributed by atoms with Gasteiger partial charge in [0.2, 0.25) is 0 Å². The average Bonchev–Trinajstić information content (AvgIpc) is 2.57. The molecule has 1 aromatic carbocycles. The minimum Gasteiger partial charge on any atom is -0.438 e. The zero-order chi connectivity index (χ0) is 11.5. The van der Waals surface area contributed by atoms with Gasteiger partial charge in [0.05, 0.1) is 6.54 Å². The van der Waals surface area contributed by atoms with E-state index in [-0.39, 0.29) is 11.9 Å². The van der Waals surface area contributed by atoms with E-state index in [9.17, 15) is 9.18 Å². The highest BCUT2D eigenvalue weighted by Gasteiger charge is 2.25. The number of hydrogen-bond donors (Lipinski definition) is 1. The van der Waals surface area contributed by atoms with Crippen molar-refractivity contribution in [1.82, 2.24) is 5.32 Å². The Morgan fingerprint density at radius 1 is 1.44 bits per heavy atom. The lowest BCUT2D eigenvalue weighted by Gasteiger charge is -2.01. The van der Waals surface area contributed by atoms with Crippen LogP contribution < -0.4 is 5.32 Å². The van der Waals surface area contributed by atoms with Gasteiger partial charge in [0, 0.05) is 0 Å². The first-order valence-corrected chi connectivity index (χ1v) is 4.91. The summed E-state index contributed by atoms with van der Waals surface area (Å²) >= 11 is 0. The smallest absolute Gasteiger partial charge is 0.413 e. The fraction of sp³-hybridized carbons (Fsp3) is 0.273. The Bertz CT molecular complexity index is 428. The van der Waals surface area contributed by atoms with E-state index in [4.69, 9.17) is 4.74 Å². The first-order valence-electron chi connectivity index (χ1n) is 4.91. The lowest BCUT2D eigenvalue weighted by molar-refractivity contribution is 0.155. The summed E-state index contributed by atoms with van der Waals surface area (Å²) in [7, 11) is 0. The van der Waals surface area contributed by atoms with Crippen molar-refractivity contribution in [2.45, 2.75) is 19.6 Å². The molecule has 1 N–H and O–H groups in total. The second kappa shape index (κ2) is 4.30. The van der Waals surface area contributed by atoms with Crippen LogP contribution in [-0.2, 0) is 11.3 Å². The van der Waals surface area contributed by atoms with E-state index in [1.807, 2.05) is 0 Å². The molecule has 1 atom stereocenters. The van der Waals surface area contributed by atoms with Crippen molar-refractivity contribution < 1.29 is 13.9 Å². The Labute approximate surface area is 92.1 Å². The fourth-order valence-electron chi connectivity index (χ4n) is 1.39. The second-order valence-electron chi connectivity index (χ2n) is 3.50. The molecule has 84 valence electrons. The van der Waals surface area contributed by atoms with Crippen molar-refractivity contribution in [2.24, 2.45) is 4.99 Å². The summed E-state index contributed by atoms with van der Waals surface area (Å²) in [5.41, 5.74) is 0.877. The van der Waals surface area contributed by atoms with Crippen molar-refractivity contribution in [3.63, 3.8) is 0 Å². The normalized spacial score (nSPS) is 22.0. The number of carbonyl (C=O) groups excluding carboxylic acids is 1. The van der Waals surface area contributed by atoms with Crippen LogP contribution in [0.25, 0.3) is 0 Å². The van der Waals surface area contributed by atoms with Crippen LogP contribution >= 0.6 is 0 Å². The van der Waals surface area contributed by atoms with Crippen LogP contribution in [0.2, 0.25) is 0 Å². The molecule has 1 amide bonds. The number of cyclic esters (lactones) is 1. The van der Waals surface area contributed by atoms with Crippen LogP contribution in [0.1, 0.15) is 12.5 Å². The molecule has 5 heteroatoms. The van der Waals surface area contributed by atoms with E-state index in [2.05, 4.69) is 10.3 Å². The molecule has 1 fully saturated rings. The van der Waals surface area contributed by atoms with Crippen LogP contribution in [0, 0.1) is 5.82 Å². The fourth-order valence-corrected chi connectivity index (χ4v) is 1.39. The zero-order valence-corrected chi connectivity index (χ0v) is 8.74. The van der Waals surface area contributed by atoms with Gasteiger partial charge in [-0.25, -0.2) is 9.18 Å². The van der Waals surface area contributed by atoms with Gasteiger partial charge in [0.1, 0.15) is 11.7 Å². The SMILES string of the molecule is CC1OC(=O)NC1=NCc1ccc(F)cc1. The van der Waals surface area contributed by atoms with Gasteiger partial charge in [0.15, 0.2) is 6.10 Å². The molecule has 0 radical (unpaired) electrons. The summed E-state index contributed by atoms with van der Waals surface area (Å²) in [6.45, 7) is 2.13. The van der Waals surface area contributed by atoms with Gasteiger partial charge in [-0.15, -0.1) is 0 Å². The number of amides is 1. The summed E-state index contributed by atoms with van der Waals surface area (Å²) < 4.78 is 17.5. The highest BCUT2D eigenvalue weighted by molar-refractivity contribution is 6.02. The third kappa shape index (κ3) is 2.36. The van der Waals surface area contributed by atoms with E-state index >= 15 is 0 Å². The van der Waals surface area contributed by atoms with Crippen LogP contribution in [0.5, 0.6) is 0 Å². The van der Waals surface area contributed by atoms with Crippen molar-refractivity contribution in [2.75, 3.05) is 0 Å². The summed E-state index contributed by atoms with van der Waals surface area (Å²) in [6.07, 6.45) is -0.821. The van der Waals surface area contributed by atoms with Crippen molar-refractivity contribution in [3.05, 3.63) is 35.6 Å². The third-order valence-corrected chi connectivity index (χ3v) is 2.24. The Hall–Kier alpha value is -1.91. The predicted octanol–water partition coefficient (Wildman–Crippen LogP) is 1.85. The number of nitrogens with one attached hydrogen (secondary N) is 1. The summed E-state index contributed by atoms with van der Waals surface area (Å²) in [4.78, 5) is 15.0. The monoisotopic (exact) mass is 222 g/mol. The summed E-state index contributed by atoms with van der Waals surface area (Å²) in [5.74, 6) is 0.233. The predicted molar refractivity (Wildman–Crippen MR) is 56.6 cm³/mol. The number of benzene rings is 1. The van der Waals surface area contributed by atoms with Gasteiger partial charge in [-0.3, -0.25) is 10.3 Å². The van der Waals surface area contributed by atoms with Gasteiger partial charge in [0.25, 0.3) is 0 Å². The Morgan fingerprint density at radius 2 is 2.12 bits per heavy atom. The number of amidine groups is 1. The molecule has 4 nitrogen and oxygen atoms in total. The third-order valence-electron chi connectivity index (χ3n) is 2.24. The highest BCUT2D eigenvalue weighted by Crippen LogP contribution is 2.07. The van der Waals surface area contributed by atoms with Crippen molar-refractivity contribution in [3.8, 4) is 0 Å². The molecule has 16 heavy (non-hydrogen) atoms. The second-order valence-corrected chi connectivity index (χ2v) is 3.50. The quantitative estimate of drug-likeness (QED) is 0.830. The maximum absolute atomic E-state index is 12.6. The molecule has 2 rings (SSSR count). The van der Waals surface area contributed by atoms with Crippen LogP contribution in [0.15, 0.2) is 29.3 Å². The number of carbonyl (C=O) groups is 1. The van der Waals surface area contributed by atoms with Crippen molar-refractivity contribution >= 4 is 11.9 Å². The molecule has 0 aliphatic carbocycles. The molecule has 0 spiro atoms. The summed E-state index contributed by atoms with van der Waals surface area (Å²) in [5, 5.41) is 2.50. The van der Waals surface area contributed by atoms with Gasteiger partial charge in [-0.2, -0.15) is 0 Å². The van der Waals surface area contributed by atoms with Gasteiger partial charge in [-0.05, 0) is 24.6 Å². The Morgan fingerprint density at radius 3 is 2.69 bits per heavy atom. The largest absolute Gasteiger partial charge is 0.438 e. The minimum atomic E-state index is -0.481. The van der Waals surface area contributed by atoms with E-state index in [1.54, 1.807) is 19.1 Å². The summed E-state index contributed by atoms with van der Waals surface area (Å²) in [6, 6.07) is 6.06. The number of aliphatic imine (C=N–C) groups is 1. The van der Waals surface area contributed by atoms with E-state index in [1.165, 1.54) is 12.1 Å². The number of halogens is 1. The number of ether oxygens (including phenoxy) is 1. The molecule has 0 saturated carbocycles. The molecule has 1 aliphatic rings. The molecule has 1 unspecified atom stereocenters. The Balaban J connectivity index is 2.03.